The Kier molecular flexibility index (Phi) is 7.73. The van der Waals surface area contributed by atoms with Crippen molar-refractivity contribution in [1.82, 2.24) is 14.7 Å². The van der Waals surface area contributed by atoms with E-state index in [1.54, 1.807) is 6.08 Å². The van der Waals surface area contributed by atoms with Crippen LogP contribution in [0.1, 0.15) is 32.6 Å². The Bertz CT molecular complexity index is 824. The fourth-order valence-corrected chi connectivity index (χ4v) is 3.98. The number of imide groups is 1. The highest BCUT2D eigenvalue weighted by Crippen LogP contribution is 2.23. The molecule has 1 aliphatic carbocycles. The predicted molar refractivity (Wildman–Crippen MR) is 114 cm³/mol. The Morgan fingerprint density at radius 1 is 1.13 bits per heavy atom. The Morgan fingerprint density at radius 2 is 1.87 bits per heavy atom. The summed E-state index contributed by atoms with van der Waals surface area (Å²) >= 11 is 0. The zero-order valence-corrected chi connectivity index (χ0v) is 18.2. The van der Waals surface area contributed by atoms with Crippen LogP contribution in [0.2, 0.25) is 0 Å². The molecule has 2 heterocycles. The van der Waals surface area contributed by atoms with Crippen LogP contribution in [0.5, 0.6) is 0 Å². The van der Waals surface area contributed by atoms with Crippen LogP contribution < -0.4 is 0 Å². The van der Waals surface area contributed by atoms with Crippen molar-refractivity contribution in [3.63, 3.8) is 0 Å². The van der Waals surface area contributed by atoms with Crippen LogP contribution >= 0.6 is 0 Å². The van der Waals surface area contributed by atoms with Crippen LogP contribution in [0.25, 0.3) is 0 Å². The van der Waals surface area contributed by atoms with Gasteiger partial charge in [0.2, 0.25) is 11.8 Å². The molecule has 0 bridgehead atoms. The fraction of sp³-hybridized carbons (Fsp3) is 0.591. The lowest BCUT2D eigenvalue weighted by molar-refractivity contribution is -0.136. The summed E-state index contributed by atoms with van der Waals surface area (Å²) in [6.07, 6.45) is 7.11. The average Bonchev–Trinajstić information content (AvgIpc) is 2.79. The first-order valence-electron chi connectivity index (χ1n) is 10.9. The normalized spacial score (nSPS) is 21.5. The zero-order valence-electron chi connectivity index (χ0n) is 18.2. The minimum absolute atomic E-state index is 0.177. The molecule has 1 saturated heterocycles. The summed E-state index contributed by atoms with van der Waals surface area (Å²) in [5.41, 5.74) is 0.523. The molecule has 0 aromatic rings. The smallest absolute Gasteiger partial charge is 0.350 e. The van der Waals surface area contributed by atoms with Gasteiger partial charge in [-0.15, -0.1) is 0 Å². The molecule has 0 aromatic heterocycles. The Hall–Kier alpha value is -2.81. The molecule has 168 valence electrons. The van der Waals surface area contributed by atoms with E-state index in [-0.39, 0.29) is 29.6 Å². The van der Waals surface area contributed by atoms with Crippen molar-refractivity contribution >= 4 is 29.5 Å². The molecule has 3 rings (SSSR count). The van der Waals surface area contributed by atoms with E-state index in [9.17, 15) is 19.2 Å². The lowest BCUT2D eigenvalue weighted by Gasteiger charge is -2.34. The van der Waals surface area contributed by atoms with Gasteiger partial charge in [0.25, 0.3) is 0 Å². The number of hydrogen-bond donors (Lipinski definition) is 0. The third kappa shape index (κ3) is 5.46. The Balaban J connectivity index is 1.43. The lowest BCUT2D eigenvalue weighted by atomic mass is 9.92. The van der Waals surface area contributed by atoms with Crippen LogP contribution in [-0.2, 0) is 19.1 Å². The maximum atomic E-state index is 12.7. The number of amides is 4. The van der Waals surface area contributed by atoms with Crippen molar-refractivity contribution in [2.24, 2.45) is 10.9 Å². The number of piperazine rings is 1. The van der Waals surface area contributed by atoms with Gasteiger partial charge >= 0.3 is 12.0 Å². The number of carbonyl (C=O) groups excluding carboxylic acids is 4. The fourth-order valence-electron chi connectivity index (χ4n) is 3.98. The standard InChI is InChI=1S/C22H30N4O5/c1-3-24-11-13-25(14-12-24)19(27)7-5-4-6-10-26-20(28)17-9-8-16(21(29)31-2)15-18(17)23-22(26)30/h8-9,15,17H,3-7,10-14H2,1-2H3. The third-order valence-electron chi connectivity index (χ3n) is 5.94. The van der Waals surface area contributed by atoms with E-state index >= 15 is 0 Å². The van der Waals surface area contributed by atoms with Gasteiger partial charge in [-0.1, -0.05) is 25.5 Å². The van der Waals surface area contributed by atoms with Crippen LogP contribution in [0.15, 0.2) is 28.8 Å². The maximum absolute atomic E-state index is 12.7. The first kappa shape index (κ1) is 22.9. The van der Waals surface area contributed by atoms with E-state index in [0.29, 0.717) is 12.8 Å². The number of unbranched alkanes of at least 4 members (excludes halogenated alkanes) is 2. The highest BCUT2D eigenvalue weighted by Gasteiger charge is 2.36. The van der Waals surface area contributed by atoms with Gasteiger partial charge in [0, 0.05) is 39.1 Å². The number of carbonyl (C=O) groups is 4. The Morgan fingerprint density at radius 3 is 2.55 bits per heavy atom. The number of ether oxygens (including phenoxy) is 1. The number of aliphatic imine (C=N–C) groups is 1. The van der Waals surface area contributed by atoms with Crippen LogP contribution in [0.3, 0.4) is 0 Å². The molecule has 9 nitrogen and oxygen atoms in total. The minimum Gasteiger partial charge on any atom is -0.465 e. The number of urea groups is 1. The van der Waals surface area contributed by atoms with Gasteiger partial charge in [0.05, 0.1) is 24.3 Å². The zero-order chi connectivity index (χ0) is 22.4. The quantitative estimate of drug-likeness (QED) is 0.426. The maximum Gasteiger partial charge on any atom is 0.350 e. The molecule has 2 aliphatic heterocycles. The van der Waals surface area contributed by atoms with E-state index < -0.39 is 17.9 Å². The van der Waals surface area contributed by atoms with Crippen molar-refractivity contribution in [3.8, 4) is 0 Å². The molecule has 9 heteroatoms. The van der Waals surface area contributed by atoms with E-state index in [1.807, 2.05) is 4.90 Å². The molecule has 1 fully saturated rings. The lowest BCUT2D eigenvalue weighted by Crippen LogP contribution is -2.48. The number of fused-ring (bicyclic) bond motifs is 1. The largest absolute Gasteiger partial charge is 0.465 e. The van der Waals surface area contributed by atoms with Crippen molar-refractivity contribution < 1.29 is 23.9 Å². The van der Waals surface area contributed by atoms with Gasteiger partial charge in [-0.25, -0.2) is 9.59 Å². The molecule has 0 saturated carbocycles. The van der Waals surface area contributed by atoms with E-state index in [0.717, 1.165) is 50.5 Å². The molecule has 4 amide bonds. The first-order valence-corrected chi connectivity index (χ1v) is 10.9. The molecule has 0 N–H and O–H groups in total. The number of methoxy groups -OCH3 is 1. The highest BCUT2D eigenvalue weighted by molar-refractivity contribution is 6.23. The molecule has 0 aromatic carbocycles. The van der Waals surface area contributed by atoms with Gasteiger partial charge in [-0.05, 0) is 25.5 Å². The topological polar surface area (TPSA) is 99.6 Å². The van der Waals surface area contributed by atoms with Crippen LogP contribution in [0, 0.1) is 5.92 Å². The third-order valence-corrected chi connectivity index (χ3v) is 5.94. The number of rotatable bonds is 8. The second-order valence-corrected chi connectivity index (χ2v) is 7.86. The Labute approximate surface area is 182 Å². The summed E-state index contributed by atoms with van der Waals surface area (Å²) in [5, 5.41) is 0. The van der Waals surface area contributed by atoms with E-state index in [2.05, 4.69) is 21.6 Å². The molecule has 31 heavy (non-hydrogen) atoms. The summed E-state index contributed by atoms with van der Waals surface area (Å²) in [5.74, 6) is -1.36. The van der Waals surface area contributed by atoms with Crippen molar-refractivity contribution in [3.05, 3.63) is 23.8 Å². The summed E-state index contributed by atoms with van der Waals surface area (Å²) < 4.78 is 4.66. The molecule has 0 spiro atoms. The molecular weight excluding hydrogens is 400 g/mol. The number of hydrogen-bond acceptors (Lipinski definition) is 6. The summed E-state index contributed by atoms with van der Waals surface area (Å²) in [6, 6.07) is -0.614. The van der Waals surface area contributed by atoms with Gasteiger partial charge in [-0.3, -0.25) is 14.5 Å². The van der Waals surface area contributed by atoms with Gasteiger partial charge in [-0.2, -0.15) is 4.99 Å². The number of esters is 1. The molecule has 1 atom stereocenters. The molecular formula is C22H30N4O5. The minimum atomic E-state index is -0.658. The van der Waals surface area contributed by atoms with Gasteiger partial charge in [0.1, 0.15) is 0 Å². The molecule has 3 aliphatic rings. The first-order chi connectivity index (χ1) is 14.9. The number of allylic oxidation sites excluding steroid dienone is 1. The average molecular weight is 431 g/mol. The second-order valence-electron chi connectivity index (χ2n) is 7.86. The SMILES string of the molecule is CCN1CCN(C(=O)CCCCCN2C(=O)N=C3C=C(C(=O)OC)C=CC3C2=O)CC1. The summed E-state index contributed by atoms with van der Waals surface area (Å²) in [4.78, 5) is 58.4. The summed E-state index contributed by atoms with van der Waals surface area (Å²) in [7, 11) is 1.27. The van der Waals surface area contributed by atoms with Gasteiger partial charge < -0.3 is 14.5 Å². The van der Waals surface area contributed by atoms with Gasteiger partial charge in [0.15, 0.2) is 0 Å². The van der Waals surface area contributed by atoms with Crippen molar-refractivity contribution in [2.45, 2.75) is 32.6 Å². The van der Waals surface area contributed by atoms with Crippen LogP contribution in [-0.4, -0.2) is 90.6 Å². The van der Waals surface area contributed by atoms with Crippen LogP contribution in [0.4, 0.5) is 4.79 Å². The summed E-state index contributed by atoms with van der Waals surface area (Å²) in [6.45, 7) is 6.83. The van der Waals surface area contributed by atoms with Crippen molar-refractivity contribution in [2.75, 3.05) is 46.4 Å². The molecule has 1 unspecified atom stereocenters. The van der Waals surface area contributed by atoms with E-state index in [4.69, 9.17) is 0 Å². The highest BCUT2D eigenvalue weighted by atomic mass is 16.5. The second kappa shape index (κ2) is 10.5. The number of likely N-dealkylation sites (N-methyl/N-ethyl adjacent to an activating group) is 1. The van der Waals surface area contributed by atoms with E-state index in [1.165, 1.54) is 19.3 Å². The monoisotopic (exact) mass is 430 g/mol. The molecule has 0 radical (unpaired) electrons. The number of nitrogens with zero attached hydrogens (tertiary/aromatic N) is 4. The van der Waals surface area contributed by atoms with Crippen molar-refractivity contribution in [1.29, 1.82) is 0 Å². The predicted octanol–water partition coefficient (Wildman–Crippen LogP) is 1.40.